The Morgan fingerprint density at radius 1 is 1.22 bits per heavy atom. The van der Waals surface area contributed by atoms with Gasteiger partial charge >= 0.3 is 0 Å². The van der Waals surface area contributed by atoms with Gasteiger partial charge in [-0.25, -0.2) is 4.98 Å². The fourth-order valence-corrected chi connectivity index (χ4v) is 6.15. The smallest absolute Gasteiger partial charge is 0.263 e. The fourth-order valence-electron chi connectivity index (χ4n) is 3.86. The zero-order valence-corrected chi connectivity index (χ0v) is 19.9. The molecule has 5 rings (SSSR count). The van der Waals surface area contributed by atoms with Crippen LogP contribution in [0.15, 0.2) is 38.6 Å². The van der Waals surface area contributed by atoms with Gasteiger partial charge < -0.3 is 9.15 Å². The lowest BCUT2D eigenvalue weighted by molar-refractivity contribution is 0.183. The summed E-state index contributed by atoms with van der Waals surface area (Å²) in [4.78, 5) is 20.4. The Balaban J connectivity index is 1.44. The summed E-state index contributed by atoms with van der Waals surface area (Å²) in [5.41, 5.74) is 2.01. The van der Waals surface area contributed by atoms with E-state index in [9.17, 15) is 4.79 Å². The first-order valence-electron chi connectivity index (χ1n) is 10.4. The maximum atomic E-state index is 13.4. The summed E-state index contributed by atoms with van der Waals surface area (Å²) in [5.74, 6) is 1.32. The van der Waals surface area contributed by atoms with E-state index in [2.05, 4.69) is 10.2 Å². The number of halogens is 1. The zero-order chi connectivity index (χ0) is 22.1. The van der Waals surface area contributed by atoms with Crippen LogP contribution in [0.5, 0.6) is 0 Å². The number of aromatic nitrogens is 4. The summed E-state index contributed by atoms with van der Waals surface area (Å²) >= 11 is 9.02. The highest BCUT2D eigenvalue weighted by atomic mass is 35.5. The third-order valence-corrected chi connectivity index (χ3v) is 7.84. The van der Waals surface area contributed by atoms with Gasteiger partial charge in [0.1, 0.15) is 4.83 Å². The van der Waals surface area contributed by atoms with E-state index in [-0.39, 0.29) is 5.56 Å². The minimum Gasteiger partial charge on any atom is -0.420 e. The first-order valence-corrected chi connectivity index (χ1v) is 12.6. The highest BCUT2D eigenvalue weighted by molar-refractivity contribution is 7.98. The van der Waals surface area contributed by atoms with Crippen LogP contribution in [0.4, 0.5) is 0 Å². The molecule has 0 radical (unpaired) electrons. The summed E-state index contributed by atoms with van der Waals surface area (Å²) in [6.07, 6.45) is 4.29. The van der Waals surface area contributed by atoms with E-state index in [0.29, 0.717) is 40.9 Å². The van der Waals surface area contributed by atoms with Crippen molar-refractivity contribution in [1.29, 1.82) is 0 Å². The summed E-state index contributed by atoms with van der Waals surface area (Å²) in [6.45, 7) is 0.888. The lowest BCUT2D eigenvalue weighted by Gasteiger charge is -2.12. The molecule has 0 aliphatic heterocycles. The molecule has 0 N–H and O–H groups in total. The van der Waals surface area contributed by atoms with Crippen molar-refractivity contribution in [2.75, 3.05) is 13.7 Å². The number of fused-ring (bicyclic) bond motifs is 3. The van der Waals surface area contributed by atoms with E-state index in [0.717, 1.165) is 35.0 Å². The van der Waals surface area contributed by atoms with Gasteiger partial charge in [-0.05, 0) is 55.5 Å². The average molecular weight is 489 g/mol. The van der Waals surface area contributed by atoms with E-state index >= 15 is 0 Å². The van der Waals surface area contributed by atoms with Crippen LogP contribution in [0.2, 0.25) is 5.02 Å². The molecular formula is C22H21ClN4O3S2. The Kier molecular flexibility index (Phi) is 6.32. The topological polar surface area (TPSA) is 83.0 Å². The molecule has 10 heteroatoms. The highest BCUT2D eigenvalue weighted by Crippen LogP contribution is 2.35. The van der Waals surface area contributed by atoms with Crippen LogP contribution in [0.3, 0.4) is 0 Å². The molecule has 0 unspecified atom stereocenters. The van der Waals surface area contributed by atoms with Crippen molar-refractivity contribution in [3.63, 3.8) is 0 Å². The third-order valence-electron chi connectivity index (χ3n) is 5.44. The largest absolute Gasteiger partial charge is 0.420 e. The number of hydrogen-bond acceptors (Lipinski definition) is 8. The van der Waals surface area contributed by atoms with Gasteiger partial charge in [-0.3, -0.25) is 9.36 Å². The van der Waals surface area contributed by atoms with Gasteiger partial charge in [0, 0.05) is 22.6 Å². The number of thiophene rings is 1. The number of thioether (sulfide) groups is 1. The third kappa shape index (κ3) is 4.22. The van der Waals surface area contributed by atoms with Crippen molar-refractivity contribution in [2.45, 2.75) is 43.1 Å². The molecular weight excluding hydrogens is 468 g/mol. The Morgan fingerprint density at radius 3 is 2.84 bits per heavy atom. The monoisotopic (exact) mass is 488 g/mol. The van der Waals surface area contributed by atoms with Gasteiger partial charge in [0.2, 0.25) is 11.8 Å². The van der Waals surface area contributed by atoms with Crippen molar-refractivity contribution in [3.05, 3.63) is 56.0 Å². The van der Waals surface area contributed by atoms with Gasteiger partial charge in [0.15, 0.2) is 5.16 Å². The maximum Gasteiger partial charge on any atom is 0.263 e. The first-order chi connectivity index (χ1) is 15.6. The molecule has 7 nitrogen and oxygen atoms in total. The molecule has 4 aromatic rings. The van der Waals surface area contributed by atoms with Gasteiger partial charge in [-0.1, -0.05) is 23.4 Å². The van der Waals surface area contributed by atoms with Crippen LogP contribution < -0.4 is 5.56 Å². The van der Waals surface area contributed by atoms with Crippen molar-refractivity contribution in [2.24, 2.45) is 0 Å². The second-order valence-electron chi connectivity index (χ2n) is 7.53. The normalized spacial score (nSPS) is 13.6. The predicted octanol–water partition coefficient (Wildman–Crippen LogP) is 4.98. The molecule has 0 saturated carbocycles. The molecule has 1 aliphatic carbocycles. The van der Waals surface area contributed by atoms with E-state index in [4.69, 9.17) is 25.7 Å². The molecule has 166 valence electrons. The number of nitrogens with zero attached hydrogens (tertiary/aromatic N) is 4. The molecule has 0 saturated heterocycles. The van der Waals surface area contributed by atoms with Crippen LogP contribution in [0, 0.1) is 0 Å². The van der Waals surface area contributed by atoms with Crippen LogP contribution in [0.25, 0.3) is 21.7 Å². The molecule has 3 heterocycles. The molecule has 1 aliphatic rings. The fraction of sp³-hybridized carbons (Fsp3) is 0.364. The van der Waals surface area contributed by atoms with Crippen LogP contribution in [0.1, 0.15) is 29.2 Å². The summed E-state index contributed by atoms with van der Waals surface area (Å²) < 4.78 is 12.8. The van der Waals surface area contributed by atoms with Crippen molar-refractivity contribution >= 4 is 44.9 Å². The Bertz CT molecular complexity index is 1310. The SMILES string of the molecule is COCCn1c(SCc2nnc(-c3ccc(Cl)cc3)o2)nc2sc3c(c2c1=O)CCCC3. The second-order valence-corrected chi connectivity index (χ2v) is 9.99. The van der Waals surface area contributed by atoms with Gasteiger partial charge in [-0.15, -0.1) is 21.5 Å². The van der Waals surface area contributed by atoms with Gasteiger partial charge in [0.05, 0.1) is 24.3 Å². The number of ether oxygens (including phenoxy) is 1. The standard InChI is InChI=1S/C22H21ClN4O3S2/c1-29-11-10-27-21(28)18-15-4-2-3-5-16(15)32-20(18)24-22(27)31-12-17-25-26-19(30-17)13-6-8-14(23)9-7-13/h6-9H,2-5,10-12H2,1H3. The lowest BCUT2D eigenvalue weighted by atomic mass is 9.97. The lowest BCUT2D eigenvalue weighted by Crippen LogP contribution is -2.25. The molecule has 0 atom stereocenters. The number of rotatable bonds is 7. The van der Waals surface area contributed by atoms with E-state index < -0.39 is 0 Å². The number of aryl methyl sites for hydroxylation is 2. The quantitative estimate of drug-likeness (QED) is 0.268. The van der Waals surface area contributed by atoms with E-state index in [1.165, 1.54) is 28.6 Å². The molecule has 0 amide bonds. The second kappa shape index (κ2) is 9.35. The number of benzene rings is 1. The predicted molar refractivity (Wildman–Crippen MR) is 127 cm³/mol. The van der Waals surface area contributed by atoms with Gasteiger partial charge in [-0.2, -0.15) is 0 Å². The van der Waals surface area contributed by atoms with E-state index in [1.807, 2.05) is 12.1 Å². The molecule has 0 fully saturated rings. The van der Waals surface area contributed by atoms with Crippen molar-refractivity contribution in [1.82, 2.24) is 19.7 Å². The zero-order valence-electron chi connectivity index (χ0n) is 17.5. The molecule has 0 bridgehead atoms. The van der Waals surface area contributed by atoms with Crippen molar-refractivity contribution < 1.29 is 9.15 Å². The van der Waals surface area contributed by atoms with E-state index in [1.54, 1.807) is 35.1 Å². The minimum absolute atomic E-state index is 0.0151. The number of methoxy groups -OCH3 is 1. The Hall–Kier alpha value is -2.20. The molecule has 32 heavy (non-hydrogen) atoms. The molecule has 0 spiro atoms. The van der Waals surface area contributed by atoms with Crippen LogP contribution in [-0.2, 0) is 29.9 Å². The summed E-state index contributed by atoms with van der Waals surface area (Å²) in [6, 6.07) is 7.24. The Labute approximate surface area is 197 Å². The van der Waals surface area contributed by atoms with Crippen LogP contribution >= 0.6 is 34.7 Å². The number of hydrogen-bond donors (Lipinski definition) is 0. The summed E-state index contributed by atoms with van der Waals surface area (Å²) in [7, 11) is 1.63. The maximum absolute atomic E-state index is 13.4. The Morgan fingerprint density at radius 2 is 2.03 bits per heavy atom. The highest BCUT2D eigenvalue weighted by Gasteiger charge is 2.22. The summed E-state index contributed by atoms with van der Waals surface area (Å²) in [5, 5.41) is 10.4. The molecule has 3 aromatic heterocycles. The van der Waals surface area contributed by atoms with Crippen molar-refractivity contribution in [3.8, 4) is 11.5 Å². The first kappa shape index (κ1) is 21.6. The average Bonchev–Trinajstić information content (AvgIpc) is 3.42. The van der Waals surface area contributed by atoms with Crippen LogP contribution in [-0.4, -0.2) is 33.5 Å². The minimum atomic E-state index is 0.0151. The molecule has 1 aromatic carbocycles. The van der Waals surface area contributed by atoms with Gasteiger partial charge in [0.25, 0.3) is 5.56 Å².